The Kier molecular flexibility index (Phi) is 3.62. The summed E-state index contributed by atoms with van der Waals surface area (Å²) in [6.07, 6.45) is 3.03. The standard InChI is InChI=1S/C12H16F2/c1-3-4-6-10-7-5-8-11(9-10)12(2,13)14/h5,7-9H,3-4,6H2,1-2H3. The molecule has 78 valence electrons. The Morgan fingerprint density at radius 1 is 1.29 bits per heavy atom. The lowest BCUT2D eigenvalue weighted by atomic mass is 10.0. The van der Waals surface area contributed by atoms with Crippen molar-refractivity contribution in [3.8, 4) is 0 Å². The van der Waals surface area contributed by atoms with Crippen molar-refractivity contribution in [3.63, 3.8) is 0 Å². The number of benzene rings is 1. The summed E-state index contributed by atoms with van der Waals surface area (Å²) in [5.41, 5.74) is 1.12. The van der Waals surface area contributed by atoms with E-state index in [9.17, 15) is 8.78 Å². The van der Waals surface area contributed by atoms with Crippen LogP contribution in [0, 0.1) is 0 Å². The zero-order valence-electron chi connectivity index (χ0n) is 8.69. The summed E-state index contributed by atoms with van der Waals surface area (Å²) in [5, 5.41) is 0. The average molecular weight is 198 g/mol. The van der Waals surface area contributed by atoms with Gasteiger partial charge in [-0.05, 0) is 24.5 Å². The van der Waals surface area contributed by atoms with Crippen molar-refractivity contribution in [1.82, 2.24) is 0 Å². The van der Waals surface area contributed by atoms with Crippen LogP contribution in [0.1, 0.15) is 37.8 Å². The van der Waals surface area contributed by atoms with Gasteiger partial charge in [0.15, 0.2) is 0 Å². The largest absolute Gasteiger partial charge is 0.270 e. The maximum atomic E-state index is 13.0. The van der Waals surface area contributed by atoms with Crippen LogP contribution in [0.5, 0.6) is 0 Å². The van der Waals surface area contributed by atoms with Crippen LogP contribution in [0.15, 0.2) is 24.3 Å². The first-order valence-electron chi connectivity index (χ1n) is 5.01. The van der Waals surface area contributed by atoms with E-state index >= 15 is 0 Å². The summed E-state index contributed by atoms with van der Waals surface area (Å²) >= 11 is 0. The molecular weight excluding hydrogens is 182 g/mol. The van der Waals surface area contributed by atoms with Gasteiger partial charge in [0.2, 0.25) is 0 Å². The van der Waals surface area contributed by atoms with Crippen molar-refractivity contribution in [2.75, 3.05) is 0 Å². The van der Waals surface area contributed by atoms with E-state index < -0.39 is 5.92 Å². The summed E-state index contributed by atoms with van der Waals surface area (Å²) in [4.78, 5) is 0. The fourth-order valence-electron chi connectivity index (χ4n) is 1.38. The zero-order chi connectivity index (χ0) is 10.6. The maximum Gasteiger partial charge on any atom is 0.270 e. The van der Waals surface area contributed by atoms with Gasteiger partial charge in [-0.2, -0.15) is 0 Å². The van der Waals surface area contributed by atoms with Crippen molar-refractivity contribution >= 4 is 0 Å². The lowest BCUT2D eigenvalue weighted by molar-refractivity contribution is 0.0174. The summed E-state index contributed by atoms with van der Waals surface area (Å²) in [6.45, 7) is 3.03. The van der Waals surface area contributed by atoms with Crippen molar-refractivity contribution in [2.45, 2.75) is 39.0 Å². The van der Waals surface area contributed by atoms with Crippen LogP contribution in [-0.4, -0.2) is 0 Å². The predicted molar refractivity (Wildman–Crippen MR) is 54.6 cm³/mol. The van der Waals surface area contributed by atoms with E-state index in [2.05, 4.69) is 6.92 Å². The molecule has 1 aromatic carbocycles. The second-order valence-corrected chi connectivity index (χ2v) is 3.69. The highest BCUT2D eigenvalue weighted by atomic mass is 19.3. The van der Waals surface area contributed by atoms with Gasteiger partial charge in [0.1, 0.15) is 0 Å². The van der Waals surface area contributed by atoms with Gasteiger partial charge < -0.3 is 0 Å². The Morgan fingerprint density at radius 2 is 2.00 bits per heavy atom. The minimum absolute atomic E-state index is 0.117. The van der Waals surface area contributed by atoms with Gasteiger partial charge in [0.25, 0.3) is 5.92 Å². The van der Waals surface area contributed by atoms with Gasteiger partial charge in [0, 0.05) is 12.5 Å². The lowest BCUT2D eigenvalue weighted by Crippen LogP contribution is -2.07. The van der Waals surface area contributed by atoms with Crippen molar-refractivity contribution < 1.29 is 8.78 Å². The first-order valence-corrected chi connectivity index (χ1v) is 5.01. The van der Waals surface area contributed by atoms with Crippen LogP contribution < -0.4 is 0 Å². The summed E-state index contributed by atoms with van der Waals surface area (Å²) < 4.78 is 25.9. The molecule has 0 spiro atoms. The molecule has 0 aliphatic rings. The fourth-order valence-corrected chi connectivity index (χ4v) is 1.38. The third-order valence-corrected chi connectivity index (χ3v) is 2.25. The predicted octanol–water partition coefficient (Wildman–Crippen LogP) is 4.14. The molecule has 0 fully saturated rings. The van der Waals surface area contributed by atoms with E-state index in [4.69, 9.17) is 0 Å². The molecule has 2 heteroatoms. The Hall–Kier alpha value is -0.920. The molecule has 0 nitrogen and oxygen atoms in total. The first-order chi connectivity index (χ1) is 6.54. The van der Waals surface area contributed by atoms with E-state index in [-0.39, 0.29) is 5.56 Å². The molecule has 1 rings (SSSR count). The van der Waals surface area contributed by atoms with Crippen molar-refractivity contribution in [3.05, 3.63) is 35.4 Å². The molecule has 0 aliphatic heterocycles. The third-order valence-electron chi connectivity index (χ3n) is 2.25. The minimum atomic E-state index is -2.72. The Balaban J connectivity index is 2.79. The van der Waals surface area contributed by atoms with Crippen LogP contribution >= 0.6 is 0 Å². The second-order valence-electron chi connectivity index (χ2n) is 3.69. The Bertz CT molecular complexity index is 287. The summed E-state index contributed by atoms with van der Waals surface area (Å²) in [5.74, 6) is -2.72. The third kappa shape index (κ3) is 3.09. The Morgan fingerprint density at radius 3 is 2.57 bits per heavy atom. The summed E-state index contributed by atoms with van der Waals surface area (Å²) in [6, 6.07) is 6.70. The fraction of sp³-hybridized carbons (Fsp3) is 0.500. The number of hydrogen-bond acceptors (Lipinski definition) is 0. The van der Waals surface area contributed by atoms with Crippen LogP contribution in [0.3, 0.4) is 0 Å². The highest BCUT2D eigenvalue weighted by Crippen LogP contribution is 2.27. The topological polar surface area (TPSA) is 0 Å². The number of hydrogen-bond donors (Lipinski definition) is 0. The Labute approximate surface area is 84.0 Å². The molecule has 0 aromatic heterocycles. The molecule has 0 amide bonds. The molecule has 0 aliphatic carbocycles. The normalized spacial score (nSPS) is 11.7. The monoisotopic (exact) mass is 198 g/mol. The zero-order valence-corrected chi connectivity index (χ0v) is 8.69. The van der Waals surface area contributed by atoms with Gasteiger partial charge >= 0.3 is 0 Å². The number of aryl methyl sites for hydroxylation is 1. The lowest BCUT2D eigenvalue weighted by Gasteiger charge is -2.11. The minimum Gasteiger partial charge on any atom is -0.202 e. The number of alkyl halides is 2. The summed E-state index contributed by atoms with van der Waals surface area (Å²) in [7, 11) is 0. The van der Waals surface area contributed by atoms with Gasteiger partial charge in [-0.25, -0.2) is 8.78 Å². The van der Waals surface area contributed by atoms with E-state index in [1.807, 2.05) is 6.07 Å². The highest BCUT2D eigenvalue weighted by molar-refractivity contribution is 5.26. The molecule has 0 N–H and O–H groups in total. The van der Waals surface area contributed by atoms with E-state index in [0.717, 1.165) is 31.7 Å². The number of rotatable bonds is 4. The molecule has 14 heavy (non-hydrogen) atoms. The van der Waals surface area contributed by atoms with Crippen LogP contribution in [0.2, 0.25) is 0 Å². The molecule has 1 aromatic rings. The average Bonchev–Trinajstić information content (AvgIpc) is 2.14. The first kappa shape index (κ1) is 11.2. The molecule has 0 unspecified atom stereocenters. The number of unbranched alkanes of at least 4 members (excludes halogenated alkanes) is 1. The second kappa shape index (κ2) is 4.54. The SMILES string of the molecule is CCCCc1cccc(C(C)(F)F)c1. The van der Waals surface area contributed by atoms with Gasteiger partial charge in [-0.3, -0.25) is 0 Å². The molecule has 0 atom stereocenters. The maximum absolute atomic E-state index is 13.0. The van der Waals surface area contributed by atoms with E-state index in [1.54, 1.807) is 12.1 Å². The molecule has 0 heterocycles. The molecular formula is C12H16F2. The van der Waals surface area contributed by atoms with Crippen molar-refractivity contribution in [2.24, 2.45) is 0 Å². The highest BCUT2D eigenvalue weighted by Gasteiger charge is 2.23. The van der Waals surface area contributed by atoms with Crippen LogP contribution in [0.25, 0.3) is 0 Å². The van der Waals surface area contributed by atoms with Crippen LogP contribution in [0.4, 0.5) is 8.78 Å². The molecule has 0 saturated heterocycles. The molecule has 0 radical (unpaired) electrons. The quantitative estimate of drug-likeness (QED) is 0.682. The van der Waals surface area contributed by atoms with Crippen LogP contribution in [-0.2, 0) is 12.3 Å². The molecule has 0 saturated carbocycles. The van der Waals surface area contributed by atoms with Gasteiger partial charge in [-0.15, -0.1) is 0 Å². The van der Waals surface area contributed by atoms with Gasteiger partial charge in [0.05, 0.1) is 0 Å². The number of halogens is 2. The van der Waals surface area contributed by atoms with E-state index in [0.29, 0.717) is 0 Å². The molecule has 0 bridgehead atoms. The smallest absolute Gasteiger partial charge is 0.202 e. The van der Waals surface area contributed by atoms with E-state index in [1.165, 1.54) is 6.07 Å². The van der Waals surface area contributed by atoms with Gasteiger partial charge in [-0.1, -0.05) is 31.5 Å². The van der Waals surface area contributed by atoms with Crippen molar-refractivity contribution in [1.29, 1.82) is 0 Å².